The van der Waals surface area contributed by atoms with E-state index in [1.807, 2.05) is 0 Å². The van der Waals surface area contributed by atoms with Crippen molar-refractivity contribution in [2.45, 2.75) is 13.0 Å². The van der Waals surface area contributed by atoms with E-state index in [0.717, 1.165) is 0 Å². The lowest BCUT2D eigenvalue weighted by Gasteiger charge is -2.05. The Morgan fingerprint density at radius 3 is 3.00 bits per heavy atom. The lowest BCUT2D eigenvalue weighted by molar-refractivity contribution is 0.0965. The molecule has 1 aromatic heterocycles. The summed E-state index contributed by atoms with van der Waals surface area (Å²) < 4.78 is 4.98. The Balaban J connectivity index is 2.62. The maximum absolute atomic E-state index is 11.6. The Hall–Kier alpha value is -1.88. The van der Waals surface area contributed by atoms with Crippen molar-refractivity contribution >= 4 is 16.9 Å². The number of phenolic OH excluding ortho intramolecular Hbond substituents is 1. The van der Waals surface area contributed by atoms with Gasteiger partial charge in [0.25, 0.3) is 0 Å². The van der Waals surface area contributed by atoms with Gasteiger partial charge in [0.1, 0.15) is 0 Å². The number of nitrogens with two attached hydrogens (primary N) is 1. The van der Waals surface area contributed by atoms with E-state index in [4.69, 9.17) is 10.2 Å². The summed E-state index contributed by atoms with van der Waals surface area (Å²) in [5.41, 5.74) is 6.34. The van der Waals surface area contributed by atoms with Gasteiger partial charge in [0.2, 0.25) is 0 Å². The van der Waals surface area contributed by atoms with Gasteiger partial charge in [0.05, 0.1) is 11.6 Å². The van der Waals surface area contributed by atoms with Gasteiger partial charge < -0.3 is 15.3 Å². The number of aromatic hydroxyl groups is 1. The second-order valence-electron chi connectivity index (χ2n) is 3.31. The van der Waals surface area contributed by atoms with Crippen LogP contribution in [0.25, 0.3) is 11.1 Å². The average molecular weight is 206 g/mol. The fraction of sp³-hybridized carbons (Fsp3) is 0.200. The lowest BCUT2D eigenvalue weighted by atomic mass is 10.0. The van der Waals surface area contributed by atoms with Gasteiger partial charge >= 0.3 is 0 Å². The molecule has 1 unspecified atom stereocenters. The summed E-state index contributed by atoms with van der Waals surface area (Å²) in [4.78, 5) is 15.4. The van der Waals surface area contributed by atoms with Crippen LogP contribution < -0.4 is 5.73 Å². The molecule has 0 saturated heterocycles. The molecule has 3 N–H and O–H groups in total. The van der Waals surface area contributed by atoms with Crippen molar-refractivity contribution in [3.63, 3.8) is 0 Å². The first kappa shape index (κ1) is 9.67. The molecule has 0 bridgehead atoms. The van der Waals surface area contributed by atoms with Gasteiger partial charge in [-0.15, -0.1) is 0 Å². The Morgan fingerprint density at radius 1 is 1.60 bits per heavy atom. The average Bonchev–Trinajstić information content (AvgIpc) is 2.66. The molecule has 2 rings (SSSR count). The Kier molecular flexibility index (Phi) is 2.17. The molecule has 0 fully saturated rings. The van der Waals surface area contributed by atoms with E-state index in [2.05, 4.69) is 4.98 Å². The predicted molar refractivity (Wildman–Crippen MR) is 53.7 cm³/mol. The van der Waals surface area contributed by atoms with Crippen molar-refractivity contribution in [2.75, 3.05) is 0 Å². The van der Waals surface area contributed by atoms with Gasteiger partial charge in [-0.1, -0.05) is 0 Å². The Morgan fingerprint density at radius 2 is 2.33 bits per heavy atom. The second-order valence-corrected chi connectivity index (χ2v) is 3.31. The molecule has 5 nitrogen and oxygen atoms in total. The highest BCUT2D eigenvalue weighted by Gasteiger charge is 2.18. The lowest BCUT2D eigenvalue weighted by Crippen LogP contribution is -2.26. The molecule has 0 aliphatic rings. The van der Waals surface area contributed by atoms with Crippen LogP contribution in [0.2, 0.25) is 0 Å². The molecular formula is C10H10N2O3. The molecule has 0 radical (unpaired) electrons. The van der Waals surface area contributed by atoms with Crippen molar-refractivity contribution in [3.05, 3.63) is 24.1 Å². The fourth-order valence-corrected chi connectivity index (χ4v) is 1.36. The molecule has 0 aliphatic carbocycles. The number of ketones is 1. The number of rotatable bonds is 2. The number of carbonyl (C=O) groups is 1. The zero-order valence-corrected chi connectivity index (χ0v) is 8.10. The Bertz CT molecular complexity index is 516. The van der Waals surface area contributed by atoms with Crippen LogP contribution >= 0.6 is 0 Å². The van der Waals surface area contributed by atoms with Crippen molar-refractivity contribution in [3.8, 4) is 5.75 Å². The third-order valence-corrected chi connectivity index (χ3v) is 2.15. The van der Waals surface area contributed by atoms with Gasteiger partial charge in [-0.25, -0.2) is 4.98 Å². The van der Waals surface area contributed by atoms with Gasteiger partial charge in [0, 0.05) is 0 Å². The number of aromatic nitrogens is 1. The summed E-state index contributed by atoms with van der Waals surface area (Å²) in [5.74, 6) is -0.499. The molecule has 1 atom stereocenters. The first-order chi connectivity index (χ1) is 7.11. The summed E-state index contributed by atoms with van der Waals surface area (Å²) in [6.45, 7) is 1.56. The second kappa shape index (κ2) is 3.36. The van der Waals surface area contributed by atoms with Crippen LogP contribution in [0.1, 0.15) is 17.3 Å². The van der Waals surface area contributed by atoms with E-state index in [1.165, 1.54) is 12.5 Å². The van der Waals surface area contributed by atoms with Gasteiger partial charge in [-0.05, 0) is 19.1 Å². The van der Waals surface area contributed by atoms with Crippen LogP contribution in [0.4, 0.5) is 0 Å². The molecule has 1 aromatic carbocycles. The zero-order chi connectivity index (χ0) is 11.0. The van der Waals surface area contributed by atoms with Crippen LogP contribution in [-0.4, -0.2) is 21.9 Å². The molecule has 2 aromatic rings. The number of nitrogens with zero attached hydrogens (tertiary/aromatic N) is 1. The minimum atomic E-state index is -0.653. The topological polar surface area (TPSA) is 89.4 Å². The highest BCUT2D eigenvalue weighted by Crippen LogP contribution is 2.27. The van der Waals surface area contributed by atoms with Crippen molar-refractivity contribution in [1.29, 1.82) is 0 Å². The number of carbonyl (C=O) groups excluding carboxylic acids is 1. The summed E-state index contributed by atoms with van der Waals surface area (Å²) >= 11 is 0. The molecular weight excluding hydrogens is 196 g/mol. The van der Waals surface area contributed by atoms with E-state index < -0.39 is 6.04 Å². The molecule has 5 heteroatoms. The van der Waals surface area contributed by atoms with E-state index in [9.17, 15) is 9.90 Å². The van der Waals surface area contributed by atoms with Crippen molar-refractivity contribution in [2.24, 2.45) is 5.73 Å². The number of fused-ring (bicyclic) bond motifs is 1. The van der Waals surface area contributed by atoms with E-state index in [0.29, 0.717) is 5.58 Å². The number of oxazole rings is 1. The summed E-state index contributed by atoms with van der Waals surface area (Å²) in [6.07, 6.45) is 1.21. The Labute approximate surface area is 85.5 Å². The molecule has 0 spiro atoms. The molecule has 0 saturated carbocycles. The quantitative estimate of drug-likeness (QED) is 0.717. The minimum absolute atomic E-state index is 0.173. The van der Waals surface area contributed by atoms with Crippen LogP contribution in [0.15, 0.2) is 22.9 Å². The largest absolute Gasteiger partial charge is 0.505 e. The van der Waals surface area contributed by atoms with Gasteiger partial charge in [0.15, 0.2) is 29.0 Å². The molecule has 1 heterocycles. The first-order valence-corrected chi connectivity index (χ1v) is 4.46. The zero-order valence-electron chi connectivity index (χ0n) is 8.10. The summed E-state index contributed by atoms with van der Waals surface area (Å²) in [6, 6.07) is 2.41. The maximum Gasteiger partial charge on any atom is 0.183 e. The number of benzene rings is 1. The SMILES string of the molecule is CC(N)C(=O)c1ccc2ocnc2c1O. The predicted octanol–water partition coefficient (Wildman–Crippen LogP) is 1.06. The minimum Gasteiger partial charge on any atom is -0.505 e. The monoisotopic (exact) mass is 206 g/mol. The van der Waals surface area contributed by atoms with E-state index in [-0.39, 0.29) is 22.6 Å². The first-order valence-electron chi connectivity index (χ1n) is 4.46. The number of phenols is 1. The third kappa shape index (κ3) is 1.46. The van der Waals surface area contributed by atoms with E-state index >= 15 is 0 Å². The van der Waals surface area contributed by atoms with Gasteiger partial charge in [-0.2, -0.15) is 0 Å². The summed E-state index contributed by atoms with van der Waals surface area (Å²) in [7, 11) is 0. The number of hydrogen-bond donors (Lipinski definition) is 2. The molecule has 15 heavy (non-hydrogen) atoms. The normalized spacial score (nSPS) is 12.9. The highest BCUT2D eigenvalue weighted by molar-refractivity contribution is 6.05. The number of Topliss-reactive ketones (excluding diaryl/α,β-unsaturated/α-hetero) is 1. The van der Waals surface area contributed by atoms with Crippen LogP contribution in [0.5, 0.6) is 5.75 Å². The van der Waals surface area contributed by atoms with E-state index in [1.54, 1.807) is 13.0 Å². The highest BCUT2D eigenvalue weighted by atomic mass is 16.3. The van der Waals surface area contributed by atoms with Crippen molar-refractivity contribution in [1.82, 2.24) is 4.98 Å². The van der Waals surface area contributed by atoms with Gasteiger partial charge in [-0.3, -0.25) is 4.79 Å². The fourth-order valence-electron chi connectivity index (χ4n) is 1.36. The smallest absolute Gasteiger partial charge is 0.183 e. The summed E-state index contributed by atoms with van der Waals surface area (Å²) in [5, 5.41) is 9.76. The van der Waals surface area contributed by atoms with Crippen molar-refractivity contribution < 1.29 is 14.3 Å². The maximum atomic E-state index is 11.6. The molecule has 78 valence electrons. The molecule has 0 amide bonds. The van der Waals surface area contributed by atoms with Crippen LogP contribution in [0, 0.1) is 0 Å². The van der Waals surface area contributed by atoms with Crippen LogP contribution in [0.3, 0.4) is 0 Å². The number of hydrogen-bond acceptors (Lipinski definition) is 5. The van der Waals surface area contributed by atoms with Crippen LogP contribution in [-0.2, 0) is 0 Å². The standard InChI is InChI=1S/C10H10N2O3/c1-5(11)9(13)6-2-3-7-8(10(6)14)12-4-15-7/h2-5,14H,11H2,1H3. The third-order valence-electron chi connectivity index (χ3n) is 2.15. The molecule has 0 aliphatic heterocycles.